The van der Waals surface area contributed by atoms with Crippen molar-refractivity contribution in [3.8, 4) is 5.75 Å². The minimum absolute atomic E-state index is 0.0609. The maximum absolute atomic E-state index is 12.5. The maximum Gasteiger partial charge on any atom is 0.251 e. The molecule has 0 radical (unpaired) electrons. The van der Waals surface area contributed by atoms with Gasteiger partial charge in [0.25, 0.3) is 5.91 Å². The molecular formula is C23H22ClNO2. The summed E-state index contributed by atoms with van der Waals surface area (Å²) in [5.74, 6) is 0.582. The molecule has 0 aromatic heterocycles. The lowest BCUT2D eigenvalue weighted by Crippen LogP contribution is -2.26. The number of aryl methyl sites for hydroxylation is 1. The molecule has 0 aliphatic heterocycles. The quantitative estimate of drug-likeness (QED) is 0.595. The van der Waals surface area contributed by atoms with E-state index >= 15 is 0 Å². The van der Waals surface area contributed by atoms with E-state index in [2.05, 4.69) is 5.32 Å². The van der Waals surface area contributed by atoms with Crippen molar-refractivity contribution in [2.24, 2.45) is 0 Å². The average molecular weight is 380 g/mol. The summed E-state index contributed by atoms with van der Waals surface area (Å²) in [6.45, 7) is 4.40. The third-order valence-corrected chi connectivity index (χ3v) is 4.76. The van der Waals surface area contributed by atoms with E-state index in [9.17, 15) is 4.79 Å². The average Bonchev–Trinajstić information content (AvgIpc) is 2.68. The van der Waals surface area contributed by atoms with Crippen LogP contribution in [0.4, 0.5) is 0 Å². The Hall–Kier alpha value is -2.78. The monoisotopic (exact) mass is 379 g/mol. The number of ether oxygens (including phenoxy) is 1. The number of halogens is 1. The van der Waals surface area contributed by atoms with Crippen LogP contribution in [-0.2, 0) is 6.61 Å². The van der Waals surface area contributed by atoms with Crippen LogP contribution in [0.15, 0.2) is 72.8 Å². The third-order valence-electron chi connectivity index (χ3n) is 4.39. The molecule has 0 saturated heterocycles. The highest BCUT2D eigenvalue weighted by molar-refractivity contribution is 6.31. The van der Waals surface area contributed by atoms with Crippen molar-refractivity contribution in [2.45, 2.75) is 26.5 Å². The highest BCUT2D eigenvalue weighted by Gasteiger charge is 2.11. The van der Waals surface area contributed by atoms with Gasteiger partial charge in [-0.3, -0.25) is 4.79 Å². The van der Waals surface area contributed by atoms with Crippen LogP contribution >= 0.6 is 11.6 Å². The molecule has 0 unspecified atom stereocenters. The van der Waals surface area contributed by atoms with E-state index in [1.165, 1.54) is 5.56 Å². The Kier molecular flexibility index (Phi) is 6.15. The number of hydrogen-bond acceptors (Lipinski definition) is 2. The van der Waals surface area contributed by atoms with Gasteiger partial charge in [0.2, 0.25) is 0 Å². The lowest BCUT2D eigenvalue weighted by Gasteiger charge is -2.15. The molecule has 1 atom stereocenters. The van der Waals surface area contributed by atoms with Gasteiger partial charge < -0.3 is 10.1 Å². The number of carbonyl (C=O) groups excluding carboxylic acids is 1. The predicted octanol–water partition coefficient (Wildman–Crippen LogP) is 5.72. The van der Waals surface area contributed by atoms with Crippen molar-refractivity contribution < 1.29 is 9.53 Å². The van der Waals surface area contributed by atoms with Gasteiger partial charge >= 0.3 is 0 Å². The van der Waals surface area contributed by atoms with Crippen LogP contribution in [-0.4, -0.2) is 5.91 Å². The molecule has 0 fully saturated rings. The lowest BCUT2D eigenvalue weighted by molar-refractivity contribution is 0.0940. The Morgan fingerprint density at radius 1 is 1.00 bits per heavy atom. The standard InChI is InChI=1S/C23H22ClNO2/c1-16-7-9-18(10-8-16)17(2)25-23(26)19-11-13-21(14-12-19)27-15-20-5-3-4-6-22(20)24/h3-14,17H,15H2,1-2H3,(H,25,26)/t17-/m0/s1. The summed E-state index contributed by atoms with van der Waals surface area (Å²) in [7, 11) is 0. The molecule has 0 spiro atoms. The van der Waals surface area contributed by atoms with E-state index in [1.54, 1.807) is 24.3 Å². The molecule has 138 valence electrons. The number of hydrogen-bond donors (Lipinski definition) is 1. The Labute approximate surface area is 164 Å². The Bertz CT molecular complexity index is 904. The number of carbonyl (C=O) groups is 1. The van der Waals surface area contributed by atoms with Crippen LogP contribution < -0.4 is 10.1 Å². The van der Waals surface area contributed by atoms with E-state index in [0.29, 0.717) is 22.9 Å². The second-order valence-corrected chi connectivity index (χ2v) is 6.92. The van der Waals surface area contributed by atoms with E-state index < -0.39 is 0 Å². The van der Waals surface area contributed by atoms with Gasteiger partial charge in [-0.25, -0.2) is 0 Å². The van der Waals surface area contributed by atoms with Crippen LogP contribution in [0.2, 0.25) is 5.02 Å². The first-order valence-electron chi connectivity index (χ1n) is 8.86. The van der Waals surface area contributed by atoms with Gasteiger partial charge in [-0.15, -0.1) is 0 Å². The molecule has 27 heavy (non-hydrogen) atoms. The number of amides is 1. The number of rotatable bonds is 6. The molecule has 4 heteroatoms. The fourth-order valence-electron chi connectivity index (χ4n) is 2.70. The first-order valence-corrected chi connectivity index (χ1v) is 9.24. The lowest BCUT2D eigenvalue weighted by atomic mass is 10.1. The molecular weight excluding hydrogens is 358 g/mol. The van der Waals surface area contributed by atoms with Crippen molar-refractivity contribution in [3.63, 3.8) is 0 Å². The zero-order valence-electron chi connectivity index (χ0n) is 15.4. The topological polar surface area (TPSA) is 38.3 Å². The van der Waals surface area contributed by atoms with Crippen molar-refractivity contribution in [1.82, 2.24) is 5.32 Å². The van der Waals surface area contributed by atoms with Crippen LogP contribution in [0.5, 0.6) is 5.75 Å². The Morgan fingerprint density at radius 3 is 2.33 bits per heavy atom. The maximum atomic E-state index is 12.5. The smallest absolute Gasteiger partial charge is 0.251 e. The molecule has 3 rings (SSSR count). The van der Waals surface area contributed by atoms with Crippen molar-refractivity contribution >= 4 is 17.5 Å². The zero-order valence-corrected chi connectivity index (χ0v) is 16.2. The van der Waals surface area contributed by atoms with Crippen LogP contribution in [0, 0.1) is 6.92 Å². The van der Waals surface area contributed by atoms with E-state index in [-0.39, 0.29) is 11.9 Å². The predicted molar refractivity (Wildman–Crippen MR) is 109 cm³/mol. The first kappa shape index (κ1) is 19.0. The highest BCUT2D eigenvalue weighted by atomic mass is 35.5. The molecule has 3 nitrogen and oxygen atoms in total. The summed E-state index contributed by atoms with van der Waals surface area (Å²) in [6, 6.07) is 22.8. The highest BCUT2D eigenvalue weighted by Crippen LogP contribution is 2.19. The summed E-state index contributed by atoms with van der Waals surface area (Å²) in [4.78, 5) is 12.5. The van der Waals surface area contributed by atoms with Crippen molar-refractivity contribution in [3.05, 3.63) is 100 Å². The van der Waals surface area contributed by atoms with Gasteiger partial charge in [-0.05, 0) is 49.7 Å². The molecule has 0 aliphatic carbocycles. The number of nitrogens with one attached hydrogen (secondary N) is 1. The third kappa shape index (κ3) is 5.11. The molecule has 1 N–H and O–H groups in total. The fourth-order valence-corrected chi connectivity index (χ4v) is 2.89. The molecule has 0 bridgehead atoms. The van der Waals surface area contributed by atoms with E-state index in [4.69, 9.17) is 16.3 Å². The molecule has 1 amide bonds. The van der Waals surface area contributed by atoms with Crippen LogP contribution in [0.25, 0.3) is 0 Å². The normalized spacial score (nSPS) is 11.7. The van der Waals surface area contributed by atoms with Gasteiger partial charge in [0, 0.05) is 16.1 Å². The molecule has 3 aromatic carbocycles. The second kappa shape index (κ2) is 8.74. The van der Waals surface area contributed by atoms with Gasteiger partial charge in [0.15, 0.2) is 0 Å². The van der Waals surface area contributed by atoms with Crippen LogP contribution in [0.3, 0.4) is 0 Å². The molecule has 3 aromatic rings. The largest absolute Gasteiger partial charge is 0.489 e. The van der Waals surface area contributed by atoms with E-state index in [1.807, 2.05) is 62.4 Å². The minimum Gasteiger partial charge on any atom is -0.489 e. The Balaban J connectivity index is 1.58. The van der Waals surface area contributed by atoms with E-state index in [0.717, 1.165) is 11.1 Å². The fraction of sp³-hybridized carbons (Fsp3) is 0.174. The zero-order chi connectivity index (χ0) is 19.2. The minimum atomic E-state index is -0.110. The summed E-state index contributed by atoms with van der Waals surface area (Å²) in [5.41, 5.74) is 3.80. The summed E-state index contributed by atoms with van der Waals surface area (Å²) in [5, 5.41) is 3.70. The van der Waals surface area contributed by atoms with Crippen molar-refractivity contribution in [1.29, 1.82) is 0 Å². The first-order chi connectivity index (χ1) is 13.0. The molecule has 0 saturated carbocycles. The summed E-state index contributed by atoms with van der Waals surface area (Å²) >= 11 is 6.13. The second-order valence-electron chi connectivity index (χ2n) is 6.51. The van der Waals surface area contributed by atoms with Gasteiger partial charge in [0.1, 0.15) is 12.4 Å². The van der Waals surface area contributed by atoms with Crippen LogP contribution in [0.1, 0.15) is 40.0 Å². The van der Waals surface area contributed by atoms with Gasteiger partial charge in [-0.1, -0.05) is 59.6 Å². The van der Waals surface area contributed by atoms with Gasteiger partial charge in [0.05, 0.1) is 6.04 Å². The molecule has 0 aliphatic rings. The number of benzene rings is 3. The Morgan fingerprint density at radius 2 is 1.67 bits per heavy atom. The SMILES string of the molecule is Cc1ccc([C@H](C)NC(=O)c2ccc(OCc3ccccc3Cl)cc2)cc1. The molecule has 0 heterocycles. The van der Waals surface area contributed by atoms with Gasteiger partial charge in [-0.2, -0.15) is 0 Å². The summed E-state index contributed by atoms with van der Waals surface area (Å²) < 4.78 is 5.75. The van der Waals surface area contributed by atoms with Crippen molar-refractivity contribution in [2.75, 3.05) is 0 Å². The summed E-state index contributed by atoms with van der Waals surface area (Å²) in [6.07, 6.45) is 0.